The Morgan fingerprint density at radius 3 is 2.55 bits per heavy atom. The molecule has 0 bridgehead atoms. The van der Waals surface area contributed by atoms with Crippen LogP contribution >= 0.6 is 11.6 Å². The second kappa shape index (κ2) is 5.06. The Morgan fingerprint density at radius 2 is 1.80 bits per heavy atom. The summed E-state index contributed by atoms with van der Waals surface area (Å²) in [5.41, 5.74) is 0.824. The Labute approximate surface area is 120 Å². The van der Waals surface area contributed by atoms with Gasteiger partial charge in [0.15, 0.2) is 0 Å². The van der Waals surface area contributed by atoms with Crippen LogP contribution in [0, 0.1) is 12.7 Å². The number of ether oxygens (including phenoxy) is 1. The van der Waals surface area contributed by atoms with Gasteiger partial charge < -0.3 is 4.74 Å². The molecule has 0 radical (unpaired) electrons. The third-order valence-corrected chi connectivity index (χ3v) is 3.23. The molecule has 3 nitrogen and oxygen atoms in total. The van der Waals surface area contributed by atoms with Gasteiger partial charge in [-0.15, -0.1) is 5.10 Å². The molecule has 3 rings (SSSR count). The molecule has 5 heteroatoms. The predicted octanol–water partition coefficient (Wildman–Crippen LogP) is 4.52. The van der Waals surface area contributed by atoms with Crippen molar-refractivity contribution in [3.05, 3.63) is 59.0 Å². The molecule has 0 N–H and O–H groups in total. The molecule has 1 heterocycles. The van der Waals surface area contributed by atoms with Gasteiger partial charge in [0.1, 0.15) is 11.6 Å². The maximum atomic E-state index is 13.1. The number of hydrogen-bond donors (Lipinski definition) is 0. The van der Waals surface area contributed by atoms with E-state index in [0.29, 0.717) is 11.6 Å². The fraction of sp³-hybridized carbons (Fsp3) is 0.0667. The van der Waals surface area contributed by atoms with Crippen LogP contribution in [0.2, 0.25) is 5.02 Å². The molecule has 1 aromatic heterocycles. The predicted molar refractivity (Wildman–Crippen MR) is 75.8 cm³/mol. The first-order valence-electron chi connectivity index (χ1n) is 6.00. The number of hydrogen-bond acceptors (Lipinski definition) is 3. The van der Waals surface area contributed by atoms with Crippen molar-refractivity contribution in [1.82, 2.24) is 10.2 Å². The fourth-order valence-electron chi connectivity index (χ4n) is 1.94. The second-order valence-electron chi connectivity index (χ2n) is 4.31. The maximum Gasteiger partial charge on any atom is 0.246 e. The summed E-state index contributed by atoms with van der Waals surface area (Å²) in [5, 5.41) is 9.92. The first kappa shape index (κ1) is 12.8. The van der Waals surface area contributed by atoms with Gasteiger partial charge in [0.05, 0.1) is 10.7 Å². The Balaban J connectivity index is 2.06. The van der Waals surface area contributed by atoms with Crippen molar-refractivity contribution in [3.8, 4) is 11.6 Å². The molecule has 20 heavy (non-hydrogen) atoms. The van der Waals surface area contributed by atoms with Gasteiger partial charge in [-0.05, 0) is 25.1 Å². The van der Waals surface area contributed by atoms with Crippen LogP contribution in [0.3, 0.4) is 0 Å². The first-order valence-corrected chi connectivity index (χ1v) is 6.38. The average Bonchev–Trinajstić information content (AvgIpc) is 2.46. The van der Waals surface area contributed by atoms with Crippen molar-refractivity contribution in [2.75, 3.05) is 0 Å². The van der Waals surface area contributed by atoms with Crippen LogP contribution in [0.1, 0.15) is 5.69 Å². The van der Waals surface area contributed by atoms with Crippen molar-refractivity contribution < 1.29 is 9.13 Å². The molecule has 0 aliphatic carbocycles. The number of halogens is 2. The van der Waals surface area contributed by atoms with E-state index in [2.05, 4.69) is 10.2 Å². The summed E-state index contributed by atoms with van der Waals surface area (Å²) in [5.74, 6) is 0.299. The van der Waals surface area contributed by atoms with Gasteiger partial charge in [-0.2, -0.15) is 5.10 Å². The van der Waals surface area contributed by atoms with Crippen molar-refractivity contribution in [3.63, 3.8) is 0 Å². The summed E-state index contributed by atoms with van der Waals surface area (Å²) < 4.78 is 18.8. The Kier molecular flexibility index (Phi) is 3.24. The minimum Gasteiger partial charge on any atom is -0.437 e. The highest BCUT2D eigenvalue weighted by Crippen LogP contribution is 2.30. The summed E-state index contributed by atoms with van der Waals surface area (Å²) >= 11 is 5.73. The van der Waals surface area contributed by atoms with E-state index in [1.165, 1.54) is 18.2 Å². The average molecular weight is 289 g/mol. The van der Waals surface area contributed by atoms with E-state index in [9.17, 15) is 4.39 Å². The van der Waals surface area contributed by atoms with Crippen LogP contribution in [0.5, 0.6) is 11.6 Å². The monoisotopic (exact) mass is 288 g/mol. The van der Waals surface area contributed by atoms with Gasteiger partial charge in [0.2, 0.25) is 5.88 Å². The van der Waals surface area contributed by atoms with E-state index in [1.54, 1.807) is 0 Å². The number of benzene rings is 2. The van der Waals surface area contributed by atoms with E-state index >= 15 is 0 Å². The molecule has 0 saturated carbocycles. The number of aromatic nitrogens is 2. The van der Waals surface area contributed by atoms with Crippen LogP contribution in [-0.2, 0) is 0 Å². The summed E-state index contributed by atoms with van der Waals surface area (Å²) in [6, 6.07) is 11.8. The molecular weight excluding hydrogens is 279 g/mol. The number of fused-ring (bicyclic) bond motifs is 1. The van der Waals surface area contributed by atoms with Gasteiger partial charge in [-0.3, -0.25) is 0 Å². The van der Waals surface area contributed by atoms with Crippen molar-refractivity contribution in [2.45, 2.75) is 6.92 Å². The van der Waals surface area contributed by atoms with Gasteiger partial charge in [-0.25, -0.2) is 4.39 Å². The molecule has 0 fully saturated rings. The van der Waals surface area contributed by atoms with E-state index in [-0.39, 0.29) is 5.02 Å². The number of nitrogens with zero attached hydrogens (tertiary/aromatic N) is 2. The Hall–Kier alpha value is -2.20. The molecule has 0 aliphatic heterocycles. The van der Waals surface area contributed by atoms with Gasteiger partial charge >= 0.3 is 0 Å². The van der Waals surface area contributed by atoms with Crippen LogP contribution < -0.4 is 4.74 Å². The summed E-state index contributed by atoms with van der Waals surface area (Å²) in [6.07, 6.45) is 0. The van der Waals surface area contributed by atoms with Gasteiger partial charge in [0, 0.05) is 16.8 Å². The van der Waals surface area contributed by atoms with Crippen LogP contribution in [0.4, 0.5) is 4.39 Å². The summed E-state index contributed by atoms with van der Waals surface area (Å²) in [4.78, 5) is 0. The highest BCUT2D eigenvalue weighted by Gasteiger charge is 2.09. The standard InChI is InChI=1S/C15H10ClFN2O/c1-9-11-4-2-3-5-12(11)15(19-18-9)20-10-6-7-14(17)13(16)8-10/h2-8H,1H3. The fourth-order valence-corrected chi connectivity index (χ4v) is 2.11. The normalized spacial score (nSPS) is 10.8. The van der Waals surface area contributed by atoms with E-state index in [0.717, 1.165) is 16.5 Å². The molecule has 2 aromatic carbocycles. The molecule has 3 aromatic rings. The molecule has 0 unspecified atom stereocenters. The minimum absolute atomic E-state index is 0.00637. The topological polar surface area (TPSA) is 35.0 Å². The molecular formula is C15H10ClFN2O. The highest BCUT2D eigenvalue weighted by molar-refractivity contribution is 6.30. The lowest BCUT2D eigenvalue weighted by atomic mass is 10.1. The largest absolute Gasteiger partial charge is 0.437 e. The van der Waals surface area contributed by atoms with Crippen LogP contribution in [-0.4, -0.2) is 10.2 Å². The SMILES string of the molecule is Cc1nnc(Oc2ccc(F)c(Cl)c2)c2ccccc12. The number of rotatable bonds is 2. The zero-order chi connectivity index (χ0) is 14.1. The lowest BCUT2D eigenvalue weighted by Crippen LogP contribution is -1.95. The van der Waals surface area contributed by atoms with Crippen molar-refractivity contribution >= 4 is 22.4 Å². The summed E-state index contributed by atoms with van der Waals surface area (Å²) in [6.45, 7) is 1.88. The summed E-state index contributed by atoms with van der Waals surface area (Å²) in [7, 11) is 0. The molecule has 0 amide bonds. The highest BCUT2D eigenvalue weighted by atomic mass is 35.5. The zero-order valence-corrected chi connectivity index (χ0v) is 11.4. The minimum atomic E-state index is -0.487. The first-order chi connectivity index (χ1) is 9.65. The third-order valence-electron chi connectivity index (χ3n) is 2.94. The molecule has 0 aliphatic rings. The van der Waals surface area contributed by atoms with Crippen LogP contribution in [0.25, 0.3) is 10.8 Å². The second-order valence-corrected chi connectivity index (χ2v) is 4.72. The molecule has 0 saturated heterocycles. The third kappa shape index (κ3) is 2.30. The Bertz CT molecular complexity index is 792. The smallest absolute Gasteiger partial charge is 0.246 e. The Morgan fingerprint density at radius 1 is 1.05 bits per heavy atom. The molecule has 100 valence electrons. The van der Waals surface area contributed by atoms with Gasteiger partial charge in [-0.1, -0.05) is 29.8 Å². The quantitative estimate of drug-likeness (QED) is 0.695. The van der Waals surface area contributed by atoms with Crippen molar-refractivity contribution in [1.29, 1.82) is 0 Å². The zero-order valence-electron chi connectivity index (χ0n) is 10.6. The van der Waals surface area contributed by atoms with E-state index in [4.69, 9.17) is 16.3 Å². The lowest BCUT2D eigenvalue weighted by molar-refractivity contribution is 0.459. The van der Waals surface area contributed by atoms with E-state index < -0.39 is 5.82 Å². The number of aryl methyl sites for hydroxylation is 1. The molecule has 0 atom stereocenters. The van der Waals surface area contributed by atoms with Crippen molar-refractivity contribution in [2.24, 2.45) is 0 Å². The molecule has 0 spiro atoms. The lowest BCUT2D eigenvalue weighted by Gasteiger charge is -2.08. The maximum absolute atomic E-state index is 13.1. The van der Waals surface area contributed by atoms with E-state index in [1.807, 2.05) is 31.2 Å². The van der Waals surface area contributed by atoms with Crippen LogP contribution in [0.15, 0.2) is 42.5 Å². The van der Waals surface area contributed by atoms with Gasteiger partial charge in [0.25, 0.3) is 0 Å².